The summed E-state index contributed by atoms with van der Waals surface area (Å²) in [6, 6.07) is 4.81. The Morgan fingerprint density at radius 3 is 2.77 bits per heavy atom. The highest BCUT2D eigenvalue weighted by molar-refractivity contribution is 5.83. The number of nitrogens with one attached hydrogen (secondary N) is 3. The average molecular weight is 304 g/mol. The summed E-state index contributed by atoms with van der Waals surface area (Å²) in [5.41, 5.74) is 2.01. The largest absolute Gasteiger partial charge is 0.361 e. The summed E-state index contributed by atoms with van der Waals surface area (Å²) in [7, 11) is 0. The highest BCUT2D eigenvalue weighted by Gasteiger charge is 2.11. The van der Waals surface area contributed by atoms with E-state index < -0.39 is 0 Å². The van der Waals surface area contributed by atoms with Gasteiger partial charge in [0.2, 0.25) is 0 Å². The van der Waals surface area contributed by atoms with Gasteiger partial charge in [-0.1, -0.05) is 0 Å². The molecule has 0 unspecified atom stereocenters. The predicted molar refractivity (Wildman–Crippen MR) is 90.8 cm³/mol. The van der Waals surface area contributed by atoms with Crippen molar-refractivity contribution in [1.29, 1.82) is 0 Å². The van der Waals surface area contributed by atoms with Crippen molar-refractivity contribution in [2.75, 3.05) is 13.1 Å². The Kier molecular flexibility index (Phi) is 5.06. The summed E-state index contributed by atoms with van der Waals surface area (Å²) in [5.74, 6) is 0.598. The number of H-pyrrole nitrogens is 1. The van der Waals surface area contributed by atoms with Gasteiger partial charge in [0.25, 0.3) is 0 Å². The van der Waals surface area contributed by atoms with E-state index in [2.05, 4.69) is 41.4 Å². The van der Waals surface area contributed by atoms with Crippen LogP contribution in [-0.2, 0) is 6.42 Å². The van der Waals surface area contributed by atoms with E-state index >= 15 is 0 Å². The van der Waals surface area contributed by atoms with Gasteiger partial charge in [0.15, 0.2) is 5.96 Å². The molecule has 0 atom stereocenters. The second-order valence-electron chi connectivity index (χ2n) is 6.39. The number of aromatic amines is 1. The average Bonchev–Trinajstić information content (AvgIpc) is 2.80. The first-order valence-corrected chi connectivity index (χ1v) is 7.71. The van der Waals surface area contributed by atoms with Crippen LogP contribution in [0, 0.1) is 5.82 Å². The molecule has 120 valence electrons. The lowest BCUT2D eigenvalue weighted by Crippen LogP contribution is -2.47. The molecular formula is C17H25FN4. The van der Waals surface area contributed by atoms with Crippen LogP contribution < -0.4 is 10.6 Å². The fraction of sp³-hybridized carbons (Fsp3) is 0.471. The second-order valence-corrected chi connectivity index (χ2v) is 6.39. The summed E-state index contributed by atoms with van der Waals surface area (Å²) in [4.78, 5) is 7.76. The summed E-state index contributed by atoms with van der Waals surface area (Å²) >= 11 is 0. The van der Waals surface area contributed by atoms with E-state index in [1.165, 1.54) is 6.07 Å². The molecular weight excluding hydrogens is 279 g/mol. The number of rotatable bonds is 4. The molecule has 3 N–H and O–H groups in total. The normalized spacial score (nSPS) is 12.7. The number of guanidine groups is 1. The number of nitrogens with zero attached hydrogens (tertiary/aromatic N) is 1. The summed E-state index contributed by atoms with van der Waals surface area (Å²) in [5, 5.41) is 7.53. The lowest BCUT2D eigenvalue weighted by Gasteiger charge is -2.23. The molecule has 0 saturated heterocycles. The minimum absolute atomic E-state index is 0.0368. The Bertz CT molecular complexity index is 652. The van der Waals surface area contributed by atoms with E-state index in [-0.39, 0.29) is 11.4 Å². The monoisotopic (exact) mass is 304 g/mol. The predicted octanol–water partition coefficient (Wildman–Crippen LogP) is 3.20. The highest BCUT2D eigenvalue weighted by Crippen LogP contribution is 2.19. The fourth-order valence-electron chi connectivity index (χ4n) is 2.31. The van der Waals surface area contributed by atoms with Crippen molar-refractivity contribution in [2.45, 2.75) is 39.7 Å². The maximum absolute atomic E-state index is 13.4. The third-order valence-corrected chi connectivity index (χ3v) is 3.22. The lowest BCUT2D eigenvalue weighted by molar-refractivity contribution is 0.501. The molecule has 0 aliphatic carbocycles. The molecule has 2 rings (SSSR count). The lowest BCUT2D eigenvalue weighted by atomic mass is 10.1. The zero-order valence-electron chi connectivity index (χ0n) is 13.8. The van der Waals surface area contributed by atoms with Gasteiger partial charge in [-0.2, -0.15) is 0 Å². The zero-order chi connectivity index (χ0) is 16.2. The molecule has 0 radical (unpaired) electrons. The topological polar surface area (TPSA) is 52.2 Å². The molecule has 4 nitrogen and oxygen atoms in total. The molecule has 0 aliphatic rings. The van der Waals surface area contributed by atoms with Crippen LogP contribution in [-0.4, -0.2) is 29.6 Å². The fourth-order valence-corrected chi connectivity index (χ4v) is 2.31. The van der Waals surface area contributed by atoms with Crippen molar-refractivity contribution in [3.63, 3.8) is 0 Å². The number of halogens is 1. The summed E-state index contributed by atoms with van der Waals surface area (Å²) in [6.45, 7) is 9.81. The quantitative estimate of drug-likeness (QED) is 0.600. The van der Waals surface area contributed by atoms with Crippen LogP contribution in [0.15, 0.2) is 29.4 Å². The molecule has 0 saturated carbocycles. The van der Waals surface area contributed by atoms with Crippen LogP contribution in [0.5, 0.6) is 0 Å². The third kappa shape index (κ3) is 4.48. The molecule has 1 heterocycles. The van der Waals surface area contributed by atoms with Gasteiger partial charge in [-0.15, -0.1) is 0 Å². The summed E-state index contributed by atoms with van der Waals surface area (Å²) in [6.07, 6.45) is 2.70. The Morgan fingerprint density at radius 2 is 2.09 bits per heavy atom. The van der Waals surface area contributed by atoms with Crippen molar-refractivity contribution >= 4 is 16.9 Å². The van der Waals surface area contributed by atoms with Gasteiger partial charge < -0.3 is 15.6 Å². The van der Waals surface area contributed by atoms with Crippen molar-refractivity contribution in [2.24, 2.45) is 4.99 Å². The number of fused-ring (bicyclic) bond motifs is 1. The first-order valence-electron chi connectivity index (χ1n) is 7.71. The molecule has 0 bridgehead atoms. The molecule has 2 aromatic rings. The Hall–Kier alpha value is -2.04. The minimum Gasteiger partial charge on any atom is -0.361 e. The van der Waals surface area contributed by atoms with Gasteiger partial charge in [0, 0.05) is 35.7 Å². The molecule has 5 heteroatoms. The number of benzene rings is 1. The molecule has 0 fully saturated rings. The van der Waals surface area contributed by atoms with Crippen LogP contribution in [0.4, 0.5) is 4.39 Å². The van der Waals surface area contributed by atoms with Gasteiger partial charge >= 0.3 is 0 Å². The van der Waals surface area contributed by atoms with Gasteiger partial charge in [-0.3, -0.25) is 4.99 Å². The van der Waals surface area contributed by atoms with Crippen LogP contribution in [0.2, 0.25) is 0 Å². The summed E-state index contributed by atoms with van der Waals surface area (Å²) < 4.78 is 13.4. The van der Waals surface area contributed by atoms with Crippen LogP contribution >= 0.6 is 0 Å². The van der Waals surface area contributed by atoms with Crippen molar-refractivity contribution < 1.29 is 4.39 Å². The highest BCUT2D eigenvalue weighted by atomic mass is 19.1. The molecule has 0 spiro atoms. The van der Waals surface area contributed by atoms with E-state index in [4.69, 9.17) is 0 Å². The smallest absolute Gasteiger partial charge is 0.191 e. The zero-order valence-corrected chi connectivity index (χ0v) is 13.8. The molecule has 0 amide bonds. The van der Waals surface area contributed by atoms with E-state index in [1.807, 2.05) is 13.1 Å². The maximum Gasteiger partial charge on any atom is 0.191 e. The maximum atomic E-state index is 13.4. The molecule has 1 aromatic carbocycles. The van der Waals surface area contributed by atoms with E-state index in [9.17, 15) is 4.39 Å². The minimum atomic E-state index is -0.209. The first-order chi connectivity index (χ1) is 10.4. The molecule has 1 aromatic heterocycles. The van der Waals surface area contributed by atoms with Crippen LogP contribution in [0.1, 0.15) is 33.3 Å². The van der Waals surface area contributed by atoms with Gasteiger partial charge in [0.05, 0.1) is 0 Å². The molecule has 0 aliphatic heterocycles. The standard InChI is InChI=1S/C17H25FN4/c1-5-19-16(22-17(2,3)4)20-9-8-12-11-21-15-7-6-13(18)10-14(12)15/h6-7,10-11,21H,5,8-9H2,1-4H3,(H2,19,20,22). The van der Waals surface area contributed by atoms with Crippen molar-refractivity contribution in [3.8, 4) is 0 Å². The first kappa shape index (κ1) is 16.3. The SMILES string of the molecule is CCNC(=NCCc1c[nH]c2ccc(F)cc12)NC(C)(C)C. The van der Waals surface area contributed by atoms with Crippen molar-refractivity contribution in [3.05, 3.63) is 35.8 Å². The number of aliphatic imine (C=N–C) groups is 1. The van der Waals surface area contributed by atoms with Crippen molar-refractivity contribution in [1.82, 2.24) is 15.6 Å². The van der Waals surface area contributed by atoms with Crippen LogP contribution in [0.3, 0.4) is 0 Å². The number of hydrogen-bond donors (Lipinski definition) is 3. The van der Waals surface area contributed by atoms with E-state index in [0.29, 0.717) is 6.54 Å². The second kappa shape index (κ2) is 6.81. The van der Waals surface area contributed by atoms with Gasteiger partial charge in [-0.25, -0.2) is 4.39 Å². The number of aromatic nitrogens is 1. The Labute approximate surface area is 131 Å². The van der Waals surface area contributed by atoms with Gasteiger partial charge in [-0.05, 0) is 57.9 Å². The number of hydrogen-bond acceptors (Lipinski definition) is 1. The van der Waals surface area contributed by atoms with Gasteiger partial charge in [0.1, 0.15) is 5.82 Å². The molecule has 22 heavy (non-hydrogen) atoms. The van der Waals surface area contributed by atoms with Crippen LogP contribution in [0.25, 0.3) is 10.9 Å². The Morgan fingerprint density at radius 1 is 1.32 bits per heavy atom. The van der Waals surface area contributed by atoms with E-state index in [1.54, 1.807) is 12.1 Å². The Balaban J connectivity index is 2.06. The van der Waals surface area contributed by atoms with E-state index in [0.717, 1.165) is 35.4 Å². The third-order valence-electron chi connectivity index (χ3n) is 3.22.